The lowest BCUT2D eigenvalue weighted by Crippen LogP contribution is -2.14. The molecule has 4 nitrogen and oxygen atoms in total. The van der Waals surface area contributed by atoms with Gasteiger partial charge >= 0.3 is 11.9 Å². The summed E-state index contributed by atoms with van der Waals surface area (Å²) in [6.07, 6.45) is -3.93. The minimum absolute atomic E-state index is 0.176. The summed E-state index contributed by atoms with van der Waals surface area (Å²) in [6, 6.07) is 2.15. The molecule has 0 radical (unpaired) electrons. The zero-order chi connectivity index (χ0) is 12.6. The smallest absolute Gasteiger partial charge is 0.296 e. The molecule has 0 spiro atoms. The molecule has 0 amide bonds. The van der Waals surface area contributed by atoms with Gasteiger partial charge in [0.1, 0.15) is 12.1 Å². The van der Waals surface area contributed by atoms with Crippen molar-refractivity contribution in [1.29, 1.82) is 0 Å². The average Bonchev–Trinajstić information content (AvgIpc) is 2.63. The molecule has 2 rings (SSSR count). The van der Waals surface area contributed by atoms with E-state index >= 15 is 0 Å². The normalized spacial score (nSPS) is 11.8. The molecule has 1 aromatic carbocycles. The molecule has 17 heavy (non-hydrogen) atoms. The van der Waals surface area contributed by atoms with Gasteiger partial charge in [0.15, 0.2) is 0 Å². The Kier molecular flexibility index (Phi) is 2.49. The highest BCUT2D eigenvalue weighted by molar-refractivity contribution is 5.37. The maximum atomic E-state index is 13.0. The quantitative estimate of drug-likeness (QED) is 0.725. The fourth-order valence-corrected chi connectivity index (χ4v) is 1.26. The van der Waals surface area contributed by atoms with E-state index < -0.39 is 23.3 Å². The Morgan fingerprint density at radius 2 is 2.00 bits per heavy atom. The molecule has 1 heterocycles. The van der Waals surface area contributed by atoms with E-state index in [9.17, 15) is 22.4 Å². The number of alkyl halides is 3. The molecule has 0 aliphatic rings. The van der Waals surface area contributed by atoms with Crippen molar-refractivity contribution in [2.75, 3.05) is 0 Å². The minimum Gasteiger partial charge on any atom is -0.296 e. The molecule has 0 aliphatic carbocycles. The Bertz CT molecular complexity index is 600. The van der Waals surface area contributed by atoms with Crippen LogP contribution in [0.4, 0.5) is 17.6 Å². The second kappa shape index (κ2) is 3.72. The molecule has 1 aromatic heterocycles. The van der Waals surface area contributed by atoms with Gasteiger partial charge in [-0.3, -0.25) is 4.52 Å². The number of hydrogen-bond donors (Lipinski definition) is 0. The van der Waals surface area contributed by atoms with Crippen LogP contribution in [0.2, 0.25) is 0 Å². The number of aromatic nitrogens is 2. The largest absolute Gasteiger partial charge is 0.446 e. The van der Waals surface area contributed by atoms with Crippen LogP contribution in [0, 0.1) is 5.82 Å². The highest BCUT2D eigenvalue weighted by Gasteiger charge is 2.34. The second-order valence-electron chi connectivity index (χ2n) is 3.11. The summed E-state index contributed by atoms with van der Waals surface area (Å²) in [6.45, 7) is 0. The number of rotatable bonds is 1. The van der Waals surface area contributed by atoms with E-state index in [0.717, 1.165) is 17.0 Å². The Labute approximate surface area is 91.1 Å². The van der Waals surface area contributed by atoms with Gasteiger partial charge in [-0.2, -0.15) is 13.2 Å². The van der Waals surface area contributed by atoms with Gasteiger partial charge in [0.25, 0.3) is 0 Å². The van der Waals surface area contributed by atoms with Crippen molar-refractivity contribution in [3.05, 3.63) is 46.5 Å². The van der Waals surface area contributed by atoms with Crippen molar-refractivity contribution in [3.8, 4) is 5.69 Å². The summed E-state index contributed by atoms with van der Waals surface area (Å²) < 4.78 is 55.1. The molecule has 0 saturated carbocycles. The van der Waals surface area contributed by atoms with Crippen molar-refractivity contribution in [3.63, 3.8) is 0 Å². The summed E-state index contributed by atoms with van der Waals surface area (Å²) in [7, 11) is 0. The van der Waals surface area contributed by atoms with Gasteiger partial charge < -0.3 is 0 Å². The first-order valence-corrected chi connectivity index (χ1v) is 4.30. The fourth-order valence-electron chi connectivity index (χ4n) is 1.26. The number of benzene rings is 1. The fraction of sp³-hybridized carbons (Fsp3) is 0.111. The number of nitrogens with zero attached hydrogens (tertiary/aromatic N) is 2. The molecule has 0 saturated heterocycles. The van der Waals surface area contributed by atoms with Gasteiger partial charge in [-0.05, 0) is 18.2 Å². The molecule has 0 N–H and O–H groups in total. The summed E-state index contributed by atoms with van der Waals surface area (Å²) >= 11 is 0. The summed E-state index contributed by atoms with van der Waals surface area (Å²) in [5, 5.41) is 3.11. The molecular weight excluding hydrogens is 244 g/mol. The maximum absolute atomic E-state index is 13.0. The van der Waals surface area contributed by atoms with Crippen molar-refractivity contribution in [2.45, 2.75) is 6.18 Å². The Hall–Kier alpha value is -2.12. The van der Waals surface area contributed by atoms with Gasteiger partial charge in [0.2, 0.25) is 0 Å². The van der Waals surface area contributed by atoms with Crippen LogP contribution in [-0.2, 0) is 6.18 Å². The summed E-state index contributed by atoms with van der Waals surface area (Å²) in [5.74, 6) is -2.37. The van der Waals surface area contributed by atoms with Crippen LogP contribution in [0.25, 0.3) is 5.69 Å². The van der Waals surface area contributed by atoms with E-state index in [1.54, 1.807) is 0 Å². The SMILES string of the molecule is O=c1oncn1-c1ccc(F)c(C(F)(F)F)c1. The highest BCUT2D eigenvalue weighted by Crippen LogP contribution is 2.32. The molecule has 0 aliphatic heterocycles. The Balaban J connectivity index is 2.60. The molecule has 0 unspecified atom stereocenters. The van der Waals surface area contributed by atoms with Gasteiger partial charge in [-0.25, -0.2) is 13.8 Å². The van der Waals surface area contributed by atoms with E-state index in [-0.39, 0.29) is 5.69 Å². The lowest BCUT2D eigenvalue weighted by Gasteiger charge is -2.09. The van der Waals surface area contributed by atoms with Crippen LogP contribution in [0.1, 0.15) is 5.56 Å². The average molecular weight is 248 g/mol. The van der Waals surface area contributed by atoms with Gasteiger partial charge in [0, 0.05) is 0 Å². The van der Waals surface area contributed by atoms with E-state index in [2.05, 4.69) is 9.68 Å². The van der Waals surface area contributed by atoms with Crippen LogP contribution >= 0.6 is 0 Å². The van der Waals surface area contributed by atoms with Crippen LogP contribution in [-0.4, -0.2) is 9.72 Å². The minimum atomic E-state index is -4.83. The van der Waals surface area contributed by atoms with Gasteiger partial charge in [-0.1, -0.05) is 5.16 Å². The molecule has 0 atom stereocenters. The zero-order valence-electron chi connectivity index (χ0n) is 8.03. The third kappa shape index (κ3) is 2.05. The first-order chi connectivity index (χ1) is 7.89. The van der Waals surface area contributed by atoms with Crippen molar-refractivity contribution in [1.82, 2.24) is 9.72 Å². The topological polar surface area (TPSA) is 48.0 Å². The third-order valence-corrected chi connectivity index (χ3v) is 2.02. The lowest BCUT2D eigenvalue weighted by molar-refractivity contribution is -0.140. The molecule has 0 fully saturated rings. The monoisotopic (exact) mass is 248 g/mol. The highest BCUT2D eigenvalue weighted by atomic mass is 19.4. The maximum Gasteiger partial charge on any atom is 0.446 e. The molecular formula is C9H4F4N2O2. The second-order valence-corrected chi connectivity index (χ2v) is 3.11. The Morgan fingerprint density at radius 1 is 1.29 bits per heavy atom. The third-order valence-electron chi connectivity index (χ3n) is 2.02. The molecule has 90 valence electrons. The first-order valence-electron chi connectivity index (χ1n) is 4.30. The van der Waals surface area contributed by atoms with Gasteiger partial charge in [-0.15, -0.1) is 0 Å². The number of halogens is 4. The van der Waals surface area contributed by atoms with Crippen molar-refractivity contribution < 1.29 is 22.1 Å². The predicted molar refractivity (Wildman–Crippen MR) is 47.1 cm³/mol. The molecule has 8 heteroatoms. The lowest BCUT2D eigenvalue weighted by atomic mass is 10.2. The van der Waals surface area contributed by atoms with E-state index in [1.807, 2.05) is 0 Å². The van der Waals surface area contributed by atoms with Crippen LogP contribution < -0.4 is 5.76 Å². The Morgan fingerprint density at radius 3 is 2.53 bits per heavy atom. The predicted octanol–water partition coefficient (Wildman–Crippen LogP) is 1.98. The number of hydrogen-bond acceptors (Lipinski definition) is 3. The summed E-state index contributed by atoms with van der Waals surface area (Å²) in [4.78, 5) is 11.0. The standard InChI is InChI=1S/C9H4F4N2O2/c10-7-2-1-5(3-6(7)9(11,12)13)15-4-14-17-8(15)16/h1-4H. The van der Waals surface area contributed by atoms with E-state index in [0.29, 0.717) is 12.1 Å². The first kappa shape index (κ1) is 11.4. The van der Waals surface area contributed by atoms with Gasteiger partial charge in [0.05, 0.1) is 11.3 Å². The summed E-state index contributed by atoms with van der Waals surface area (Å²) in [5.41, 5.74) is -1.63. The van der Waals surface area contributed by atoms with Crippen molar-refractivity contribution in [2.24, 2.45) is 0 Å². The van der Waals surface area contributed by atoms with E-state index in [1.165, 1.54) is 0 Å². The van der Waals surface area contributed by atoms with Crippen LogP contribution in [0.15, 0.2) is 33.8 Å². The van der Waals surface area contributed by atoms with Crippen molar-refractivity contribution >= 4 is 0 Å². The van der Waals surface area contributed by atoms with Crippen LogP contribution in [0.5, 0.6) is 0 Å². The zero-order valence-corrected chi connectivity index (χ0v) is 8.03. The molecule has 0 bridgehead atoms. The van der Waals surface area contributed by atoms with Crippen LogP contribution in [0.3, 0.4) is 0 Å². The molecule has 2 aromatic rings. The van der Waals surface area contributed by atoms with E-state index in [4.69, 9.17) is 0 Å².